The highest BCUT2D eigenvalue weighted by atomic mass is 16.6. The van der Waals surface area contributed by atoms with Crippen molar-refractivity contribution in [1.29, 1.82) is 0 Å². The molecule has 44 heavy (non-hydrogen) atoms. The van der Waals surface area contributed by atoms with E-state index in [1.807, 2.05) is 0 Å². The van der Waals surface area contributed by atoms with Gasteiger partial charge in [-0.1, -0.05) is 0 Å². The minimum absolute atomic E-state index is 0.0152. The number of fused-ring (bicyclic) bond motifs is 1. The van der Waals surface area contributed by atoms with E-state index in [-0.39, 0.29) is 53.9 Å². The number of nitrogens with one attached hydrogen (secondary N) is 3. The van der Waals surface area contributed by atoms with Crippen LogP contribution in [0.4, 0.5) is 15.3 Å². The monoisotopic (exact) mass is 609 g/mol. The molecule has 3 N–H and O–H groups in total. The molecule has 234 valence electrons. The summed E-state index contributed by atoms with van der Waals surface area (Å²) in [4.78, 5) is 61.9. The van der Waals surface area contributed by atoms with Crippen LogP contribution in [0.15, 0.2) is 24.7 Å². The number of amides is 2. The topological polar surface area (TPSA) is 189 Å². The summed E-state index contributed by atoms with van der Waals surface area (Å²) in [6.45, 7) is 12.3. The lowest BCUT2D eigenvalue weighted by molar-refractivity contribution is -0.110. The fraction of sp³-hybridized carbons (Fsp3) is 0.414. The summed E-state index contributed by atoms with van der Waals surface area (Å²) in [6.07, 6.45) is 4.43. The van der Waals surface area contributed by atoms with E-state index in [9.17, 15) is 19.2 Å². The van der Waals surface area contributed by atoms with Gasteiger partial charge in [-0.25, -0.2) is 24.4 Å². The van der Waals surface area contributed by atoms with Crippen molar-refractivity contribution in [3.8, 4) is 17.3 Å². The van der Waals surface area contributed by atoms with Crippen LogP contribution in [0.3, 0.4) is 0 Å². The SMILES string of the molecule is CCOC(=O)c1cc[nH]c1/C=C1\C(=O)Nc2cnc(-c3cn(C(=O)OC(C)(C)C)nc3OCCNC(=O)OC(C)(C)C)nc21. The Balaban J connectivity index is 1.65. The Morgan fingerprint density at radius 1 is 1.09 bits per heavy atom. The van der Waals surface area contributed by atoms with Gasteiger partial charge >= 0.3 is 18.2 Å². The predicted molar refractivity (Wildman–Crippen MR) is 158 cm³/mol. The van der Waals surface area contributed by atoms with Gasteiger partial charge in [0.1, 0.15) is 29.1 Å². The first-order valence-electron chi connectivity index (χ1n) is 13.8. The summed E-state index contributed by atoms with van der Waals surface area (Å²) in [5.74, 6) is -0.920. The van der Waals surface area contributed by atoms with Crippen LogP contribution in [-0.4, -0.2) is 79.8 Å². The van der Waals surface area contributed by atoms with E-state index in [0.29, 0.717) is 11.4 Å². The molecule has 4 rings (SSSR count). The van der Waals surface area contributed by atoms with Crippen molar-refractivity contribution in [3.63, 3.8) is 0 Å². The number of ether oxygens (including phenoxy) is 4. The summed E-state index contributed by atoms with van der Waals surface area (Å²) in [6, 6.07) is 1.55. The maximum atomic E-state index is 12.9. The number of carbonyl (C=O) groups excluding carboxylic acids is 4. The van der Waals surface area contributed by atoms with Crippen molar-refractivity contribution in [2.75, 3.05) is 25.1 Å². The van der Waals surface area contributed by atoms with Gasteiger partial charge in [0.05, 0.1) is 48.1 Å². The molecule has 0 bridgehead atoms. The minimum Gasteiger partial charge on any atom is -0.474 e. The number of hydrogen-bond donors (Lipinski definition) is 3. The van der Waals surface area contributed by atoms with Gasteiger partial charge in [0.15, 0.2) is 5.82 Å². The number of esters is 1. The maximum Gasteiger partial charge on any atom is 0.435 e. The summed E-state index contributed by atoms with van der Waals surface area (Å²) in [7, 11) is 0. The third-order valence-corrected chi connectivity index (χ3v) is 5.61. The smallest absolute Gasteiger partial charge is 0.435 e. The molecule has 0 aliphatic carbocycles. The van der Waals surface area contributed by atoms with Gasteiger partial charge in [-0.05, 0) is 60.6 Å². The Kier molecular flexibility index (Phi) is 9.06. The summed E-state index contributed by atoms with van der Waals surface area (Å²) in [5, 5.41) is 9.51. The second-order valence-electron chi connectivity index (χ2n) is 11.5. The van der Waals surface area contributed by atoms with Crippen molar-refractivity contribution in [1.82, 2.24) is 30.0 Å². The molecule has 0 radical (unpaired) electrons. The largest absolute Gasteiger partial charge is 0.474 e. The van der Waals surface area contributed by atoms with Gasteiger partial charge in [-0.2, -0.15) is 4.68 Å². The van der Waals surface area contributed by atoms with E-state index in [1.165, 1.54) is 18.5 Å². The van der Waals surface area contributed by atoms with E-state index in [2.05, 4.69) is 30.7 Å². The van der Waals surface area contributed by atoms with Crippen LogP contribution < -0.4 is 15.4 Å². The van der Waals surface area contributed by atoms with Gasteiger partial charge in [0, 0.05) is 6.20 Å². The van der Waals surface area contributed by atoms with Crippen molar-refractivity contribution in [2.24, 2.45) is 0 Å². The average molecular weight is 610 g/mol. The van der Waals surface area contributed by atoms with Crippen molar-refractivity contribution >= 4 is 41.4 Å². The lowest BCUT2D eigenvalue weighted by Gasteiger charge is -2.19. The minimum atomic E-state index is -0.794. The van der Waals surface area contributed by atoms with Crippen molar-refractivity contribution < 1.29 is 38.1 Å². The molecule has 0 unspecified atom stereocenters. The summed E-state index contributed by atoms with van der Waals surface area (Å²) in [5.41, 5.74) is 0.147. The zero-order chi connectivity index (χ0) is 32.2. The van der Waals surface area contributed by atoms with Crippen LogP contribution in [0.1, 0.15) is 70.2 Å². The number of H-pyrrole nitrogens is 1. The predicted octanol–water partition coefficient (Wildman–Crippen LogP) is 4.02. The lowest BCUT2D eigenvalue weighted by Crippen LogP contribution is -2.34. The summed E-state index contributed by atoms with van der Waals surface area (Å²) < 4.78 is 22.5. The molecule has 0 saturated carbocycles. The Labute approximate surface area is 253 Å². The third kappa shape index (κ3) is 7.79. The molecule has 0 spiro atoms. The van der Waals surface area contributed by atoms with Crippen LogP contribution in [0.25, 0.3) is 23.0 Å². The number of hydrogen-bond acceptors (Lipinski definition) is 11. The molecule has 4 heterocycles. The van der Waals surface area contributed by atoms with Gasteiger partial charge in [0.25, 0.3) is 5.91 Å². The van der Waals surface area contributed by atoms with Crippen LogP contribution in [-0.2, 0) is 19.0 Å². The quantitative estimate of drug-likeness (QED) is 0.145. The Bertz CT molecular complexity index is 1610. The highest BCUT2D eigenvalue weighted by Crippen LogP contribution is 2.35. The number of alkyl carbamates (subject to hydrolysis) is 1. The van der Waals surface area contributed by atoms with Crippen LogP contribution in [0, 0.1) is 0 Å². The standard InChI is InChI=1S/C29H35N7O8/c1-8-41-25(38)16-9-10-30-19(16)13-17-21-20(33-23(17)37)14-32-22(34-21)18-15-36(27(40)44-29(5,6)7)35-24(18)42-12-11-31-26(39)43-28(2,3)4/h9-10,13-15,30H,8,11-12H2,1-7H3,(H,31,39)(H,33,37)/b17-13-. The second kappa shape index (κ2) is 12.6. The molecular weight excluding hydrogens is 574 g/mol. The first-order chi connectivity index (χ1) is 20.6. The zero-order valence-electron chi connectivity index (χ0n) is 25.6. The first kappa shape index (κ1) is 31.7. The molecule has 3 aromatic rings. The van der Waals surface area contributed by atoms with E-state index in [4.69, 9.17) is 18.9 Å². The van der Waals surface area contributed by atoms with Gasteiger partial charge in [-0.15, -0.1) is 5.10 Å². The Morgan fingerprint density at radius 2 is 1.82 bits per heavy atom. The maximum absolute atomic E-state index is 12.9. The highest BCUT2D eigenvalue weighted by molar-refractivity contribution is 6.34. The fourth-order valence-electron chi connectivity index (χ4n) is 3.91. The highest BCUT2D eigenvalue weighted by Gasteiger charge is 2.30. The Hall–Kier alpha value is -5.21. The molecule has 0 aromatic carbocycles. The number of aromatic nitrogens is 5. The van der Waals surface area contributed by atoms with Crippen molar-refractivity contribution in [2.45, 2.75) is 59.7 Å². The normalized spacial score (nSPS) is 13.7. The van der Waals surface area contributed by atoms with Crippen LogP contribution in [0.2, 0.25) is 0 Å². The molecule has 3 aromatic heterocycles. The van der Waals surface area contributed by atoms with Gasteiger partial charge in [-0.3, -0.25) is 4.79 Å². The molecule has 15 nitrogen and oxygen atoms in total. The first-order valence-corrected chi connectivity index (χ1v) is 13.8. The number of nitrogens with zero attached hydrogens (tertiary/aromatic N) is 4. The van der Waals surface area contributed by atoms with E-state index >= 15 is 0 Å². The number of rotatable bonds is 8. The fourth-order valence-corrected chi connectivity index (χ4v) is 3.91. The molecule has 2 amide bonds. The molecule has 1 aliphatic rings. The van der Waals surface area contributed by atoms with Gasteiger partial charge < -0.3 is 34.6 Å². The van der Waals surface area contributed by atoms with Crippen molar-refractivity contribution in [3.05, 3.63) is 41.6 Å². The number of aromatic amines is 1. The van der Waals surface area contributed by atoms with Crippen LogP contribution >= 0.6 is 0 Å². The lowest BCUT2D eigenvalue weighted by atomic mass is 10.1. The molecule has 15 heteroatoms. The molecule has 1 aliphatic heterocycles. The van der Waals surface area contributed by atoms with Gasteiger partial charge in [0.2, 0.25) is 5.88 Å². The summed E-state index contributed by atoms with van der Waals surface area (Å²) >= 11 is 0. The zero-order valence-corrected chi connectivity index (χ0v) is 25.6. The molecular formula is C29H35N7O8. The van der Waals surface area contributed by atoms with E-state index in [0.717, 1.165) is 4.68 Å². The average Bonchev–Trinajstić information content (AvgIpc) is 3.62. The Morgan fingerprint density at radius 3 is 2.50 bits per heavy atom. The second-order valence-corrected chi connectivity index (χ2v) is 11.5. The van der Waals surface area contributed by atoms with E-state index in [1.54, 1.807) is 60.7 Å². The number of carbonyl (C=O) groups is 4. The van der Waals surface area contributed by atoms with Crippen LogP contribution in [0.5, 0.6) is 5.88 Å². The van der Waals surface area contributed by atoms with E-state index < -0.39 is 35.3 Å². The number of anilines is 1. The molecule has 0 saturated heterocycles. The third-order valence-electron chi connectivity index (χ3n) is 5.61. The molecule has 0 fully saturated rings. The molecule has 0 atom stereocenters.